The summed E-state index contributed by atoms with van der Waals surface area (Å²) in [5.41, 5.74) is 1.24. The van der Waals surface area contributed by atoms with E-state index < -0.39 is 0 Å². The third-order valence-corrected chi connectivity index (χ3v) is 4.46. The minimum Gasteiger partial charge on any atom is -0.466 e. The van der Waals surface area contributed by atoms with Crippen LogP contribution in [0.15, 0.2) is 24.3 Å². The fourth-order valence-electron chi connectivity index (χ4n) is 3.23. The summed E-state index contributed by atoms with van der Waals surface area (Å²) in [7, 11) is 0. The van der Waals surface area contributed by atoms with E-state index >= 15 is 0 Å². The lowest BCUT2D eigenvalue weighted by Crippen LogP contribution is -2.15. The number of hydrogen-bond donors (Lipinski definition) is 0. The van der Waals surface area contributed by atoms with Crippen molar-refractivity contribution in [3.63, 3.8) is 0 Å². The summed E-state index contributed by atoms with van der Waals surface area (Å²) < 4.78 is 4.96. The van der Waals surface area contributed by atoms with Gasteiger partial charge >= 0.3 is 5.97 Å². The number of rotatable bonds is 6. The number of hydrogen-bond acceptors (Lipinski definition) is 4. The Labute approximate surface area is 130 Å². The average molecular weight is 305 g/mol. The summed E-state index contributed by atoms with van der Waals surface area (Å²) in [5, 5.41) is 10.9. The van der Waals surface area contributed by atoms with Gasteiger partial charge in [0.2, 0.25) is 0 Å². The molecule has 1 aromatic carbocycles. The molecule has 0 N–H and O–H groups in total. The van der Waals surface area contributed by atoms with Crippen LogP contribution in [0, 0.1) is 16.0 Å². The Balaban J connectivity index is 1.83. The Hall–Kier alpha value is -1.91. The molecule has 120 valence electrons. The monoisotopic (exact) mass is 305 g/mol. The lowest BCUT2D eigenvalue weighted by Gasteiger charge is -2.28. The van der Waals surface area contributed by atoms with Crippen molar-refractivity contribution in [3.8, 4) is 0 Å². The summed E-state index contributed by atoms with van der Waals surface area (Å²) in [5.74, 6) is 0.862. The molecule has 1 aliphatic carbocycles. The number of non-ortho nitro benzene ring substituents is 1. The van der Waals surface area contributed by atoms with E-state index in [-0.39, 0.29) is 16.6 Å². The fourth-order valence-corrected chi connectivity index (χ4v) is 3.23. The topological polar surface area (TPSA) is 69.4 Å². The molecule has 5 nitrogen and oxygen atoms in total. The molecule has 0 aliphatic heterocycles. The van der Waals surface area contributed by atoms with Gasteiger partial charge in [-0.15, -0.1) is 0 Å². The van der Waals surface area contributed by atoms with Crippen molar-refractivity contribution in [1.29, 1.82) is 0 Å². The SMILES string of the molecule is CCOC(=O)CCC1CCC(c2cccc([N+](=O)[O-])c2)CC1. The Bertz CT molecular complexity index is 521. The smallest absolute Gasteiger partial charge is 0.305 e. The van der Waals surface area contributed by atoms with E-state index in [0.29, 0.717) is 24.9 Å². The Morgan fingerprint density at radius 1 is 1.32 bits per heavy atom. The van der Waals surface area contributed by atoms with Crippen LogP contribution in [0.4, 0.5) is 5.69 Å². The largest absolute Gasteiger partial charge is 0.466 e. The van der Waals surface area contributed by atoms with Gasteiger partial charge in [-0.05, 0) is 56.4 Å². The van der Waals surface area contributed by atoms with Gasteiger partial charge in [-0.2, -0.15) is 0 Å². The van der Waals surface area contributed by atoms with Crippen LogP contribution < -0.4 is 0 Å². The van der Waals surface area contributed by atoms with Gasteiger partial charge in [0.1, 0.15) is 0 Å². The third kappa shape index (κ3) is 4.55. The predicted octanol–water partition coefficient (Wildman–Crippen LogP) is 4.21. The molecule has 0 amide bonds. The molecule has 0 saturated heterocycles. The summed E-state index contributed by atoms with van der Waals surface area (Å²) in [6.07, 6.45) is 5.61. The van der Waals surface area contributed by atoms with Gasteiger partial charge in [-0.25, -0.2) is 0 Å². The minimum atomic E-state index is -0.339. The zero-order chi connectivity index (χ0) is 15.9. The second kappa shape index (κ2) is 7.92. The van der Waals surface area contributed by atoms with E-state index in [4.69, 9.17) is 4.74 Å². The van der Waals surface area contributed by atoms with Gasteiger partial charge < -0.3 is 4.74 Å². The molecule has 0 aromatic heterocycles. The van der Waals surface area contributed by atoms with Crippen LogP contribution in [-0.4, -0.2) is 17.5 Å². The fraction of sp³-hybridized carbons (Fsp3) is 0.588. The zero-order valence-corrected chi connectivity index (χ0v) is 13.0. The summed E-state index contributed by atoms with van der Waals surface area (Å²) in [6, 6.07) is 6.98. The van der Waals surface area contributed by atoms with E-state index in [2.05, 4.69) is 0 Å². The van der Waals surface area contributed by atoms with Crippen molar-refractivity contribution in [2.45, 2.75) is 51.4 Å². The van der Waals surface area contributed by atoms with Crippen molar-refractivity contribution in [2.75, 3.05) is 6.61 Å². The molecule has 0 bridgehead atoms. The van der Waals surface area contributed by atoms with Gasteiger partial charge in [0.15, 0.2) is 0 Å². The first-order valence-electron chi connectivity index (χ1n) is 8.00. The quantitative estimate of drug-likeness (QED) is 0.448. The number of nitrogens with zero attached hydrogens (tertiary/aromatic N) is 1. The summed E-state index contributed by atoms with van der Waals surface area (Å²) in [6.45, 7) is 2.26. The van der Waals surface area contributed by atoms with E-state index in [9.17, 15) is 14.9 Å². The maximum atomic E-state index is 11.4. The van der Waals surface area contributed by atoms with E-state index in [1.807, 2.05) is 13.0 Å². The lowest BCUT2D eigenvalue weighted by molar-refractivity contribution is -0.384. The van der Waals surface area contributed by atoms with Gasteiger partial charge in [0.05, 0.1) is 11.5 Å². The molecule has 1 aliphatic rings. The number of carbonyl (C=O) groups excluding carboxylic acids is 1. The molecule has 1 saturated carbocycles. The normalized spacial score (nSPS) is 21.3. The highest BCUT2D eigenvalue weighted by Crippen LogP contribution is 2.38. The second-order valence-corrected chi connectivity index (χ2v) is 5.91. The van der Waals surface area contributed by atoms with Crippen LogP contribution >= 0.6 is 0 Å². The van der Waals surface area contributed by atoms with E-state index in [1.54, 1.807) is 12.1 Å². The molecule has 0 heterocycles. The predicted molar refractivity (Wildman–Crippen MR) is 83.7 cm³/mol. The first-order valence-corrected chi connectivity index (χ1v) is 8.00. The van der Waals surface area contributed by atoms with Gasteiger partial charge in [0, 0.05) is 18.6 Å². The second-order valence-electron chi connectivity index (χ2n) is 5.91. The molecule has 5 heteroatoms. The maximum absolute atomic E-state index is 11.4. The van der Waals surface area contributed by atoms with Crippen LogP contribution in [0.5, 0.6) is 0 Å². The van der Waals surface area contributed by atoms with Crippen molar-refractivity contribution in [3.05, 3.63) is 39.9 Å². The molecular formula is C17H23NO4. The molecule has 2 rings (SSSR count). The molecule has 0 unspecified atom stereocenters. The van der Waals surface area contributed by atoms with Crippen molar-refractivity contribution >= 4 is 11.7 Å². The molecule has 0 atom stereocenters. The minimum absolute atomic E-state index is 0.108. The Morgan fingerprint density at radius 3 is 2.68 bits per heavy atom. The van der Waals surface area contributed by atoms with Gasteiger partial charge in [-0.1, -0.05) is 12.1 Å². The first kappa shape index (κ1) is 16.5. The molecule has 0 radical (unpaired) electrons. The lowest BCUT2D eigenvalue weighted by atomic mass is 9.77. The highest BCUT2D eigenvalue weighted by atomic mass is 16.6. The zero-order valence-electron chi connectivity index (χ0n) is 13.0. The van der Waals surface area contributed by atoms with Crippen molar-refractivity contribution < 1.29 is 14.5 Å². The summed E-state index contributed by atoms with van der Waals surface area (Å²) in [4.78, 5) is 21.9. The molecular weight excluding hydrogens is 282 g/mol. The Morgan fingerprint density at radius 2 is 2.05 bits per heavy atom. The van der Waals surface area contributed by atoms with Crippen LogP contribution in [0.25, 0.3) is 0 Å². The number of ether oxygens (including phenoxy) is 1. The van der Waals surface area contributed by atoms with Gasteiger partial charge in [0.25, 0.3) is 5.69 Å². The molecule has 1 fully saturated rings. The van der Waals surface area contributed by atoms with Crippen LogP contribution in [0.2, 0.25) is 0 Å². The maximum Gasteiger partial charge on any atom is 0.305 e. The molecule has 22 heavy (non-hydrogen) atoms. The standard InChI is InChI=1S/C17H23NO4/c1-2-22-17(19)11-8-13-6-9-14(10-7-13)15-4-3-5-16(12-15)18(20)21/h3-5,12-14H,2,6-11H2,1H3. The number of esters is 1. The molecule has 1 aromatic rings. The summed E-state index contributed by atoms with van der Waals surface area (Å²) >= 11 is 0. The van der Waals surface area contributed by atoms with Crippen LogP contribution in [0.3, 0.4) is 0 Å². The first-order chi connectivity index (χ1) is 10.6. The number of nitro benzene ring substituents is 1. The van der Waals surface area contributed by atoms with Crippen LogP contribution in [-0.2, 0) is 9.53 Å². The number of carbonyl (C=O) groups is 1. The number of nitro groups is 1. The third-order valence-electron chi connectivity index (χ3n) is 4.46. The van der Waals surface area contributed by atoms with Crippen LogP contribution in [0.1, 0.15) is 56.9 Å². The van der Waals surface area contributed by atoms with E-state index in [0.717, 1.165) is 37.7 Å². The van der Waals surface area contributed by atoms with Gasteiger partial charge in [-0.3, -0.25) is 14.9 Å². The van der Waals surface area contributed by atoms with E-state index in [1.165, 1.54) is 6.07 Å². The highest BCUT2D eigenvalue weighted by molar-refractivity contribution is 5.69. The Kier molecular flexibility index (Phi) is 5.92. The number of benzene rings is 1. The molecule has 0 spiro atoms. The van der Waals surface area contributed by atoms with Crippen molar-refractivity contribution in [2.24, 2.45) is 5.92 Å². The average Bonchev–Trinajstić information content (AvgIpc) is 2.54. The van der Waals surface area contributed by atoms with Crippen molar-refractivity contribution in [1.82, 2.24) is 0 Å². The highest BCUT2D eigenvalue weighted by Gasteiger charge is 2.24.